The molecule has 0 radical (unpaired) electrons. The lowest BCUT2D eigenvalue weighted by Crippen LogP contribution is -2.22. The molecule has 0 saturated carbocycles. The van der Waals surface area contributed by atoms with Gasteiger partial charge in [-0.1, -0.05) is 0 Å². The zero-order valence-corrected chi connectivity index (χ0v) is 9.95. The number of rotatable bonds is 4. The van der Waals surface area contributed by atoms with Gasteiger partial charge in [-0.25, -0.2) is 0 Å². The van der Waals surface area contributed by atoms with Gasteiger partial charge in [-0.3, -0.25) is 4.79 Å². The SMILES string of the molecule is CCN(CC)c1ccc(C(C)=O)c(C#N)c1. The third kappa shape index (κ3) is 2.40. The molecule has 0 spiro atoms. The quantitative estimate of drug-likeness (QED) is 0.727. The standard InChI is InChI=1S/C13H16N2O/c1-4-15(5-2)12-6-7-13(10(3)16)11(8-12)9-14/h6-8H,4-5H2,1-3H3. The molecule has 0 unspecified atom stereocenters. The van der Waals surface area contributed by atoms with Crippen molar-refractivity contribution in [3.8, 4) is 6.07 Å². The largest absolute Gasteiger partial charge is 0.372 e. The zero-order valence-electron chi connectivity index (χ0n) is 9.95. The smallest absolute Gasteiger partial charge is 0.161 e. The minimum absolute atomic E-state index is 0.0670. The highest BCUT2D eigenvalue weighted by atomic mass is 16.1. The molecule has 84 valence electrons. The van der Waals surface area contributed by atoms with Gasteiger partial charge in [-0.2, -0.15) is 5.26 Å². The Balaban J connectivity index is 3.19. The predicted molar refractivity (Wildman–Crippen MR) is 64.7 cm³/mol. The van der Waals surface area contributed by atoms with E-state index in [0.29, 0.717) is 11.1 Å². The summed E-state index contributed by atoms with van der Waals surface area (Å²) in [5, 5.41) is 9.00. The second kappa shape index (κ2) is 5.32. The fourth-order valence-electron chi connectivity index (χ4n) is 1.72. The molecule has 3 heteroatoms. The normalized spacial score (nSPS) is 9.62. The highest BCUT2D eigenvalue weighted by Crippen LogP contribution is 2.19. The lowest BCUT2D eigenvalue weighted by atomic mass is 10.0. The van der Waals surface area contributed by atoms with Crippen LogP contribution in [0.4, 0.5) is 5.69 Å². The number of benzene rings is 1. The lowest BCUT2D eigenvalue weighted by molar-refractivity contribution is 0.101. The van der Waals surface area contributed by atoms with Gasteiger partial charge in [0.25, 0.3) is 0 Å². The van der Waals surface area contributed by atoms with Gasteiger partial charge < -0.3 is 4.90 Å². The van der Waals surface area contributed by atoms with E-state index in [4.69, 9.17) is 5.26 Å². The summed E-state index contributed by atoms with van der Waals surface area (Å²) in [6, 6.07) is 7.48. The maximum absolute atomic E-state index is 11.3. The van der Waals surface area contributed by atoms with E-state index < -0.39 is 0 Å². The molecule has 0 saturated heterocycles. The second-order valence-electron chi connectivity index (χ2n) is 3.57. The highest BCUT2D eigenvalue weighted by molar-refractivity contribution is 5.97. The number of carbonyl (C=O) groups is 1. The first-order valence-electron chi connectivity index (χ1n) is 5.44. The average Bonchev–Trinajstić information content (AvgIpc) is 2.30. The predicted octanol–water partition coefficient (Wildman–Crippen LogP) is 2.61. The van der Waals surface area contributed by atoms with Crippen molar-refractivity contribution < 1.29 is 4.79 Å². The monoisotopic (exact) mass is 216 g/mol. The molecule has 0 aromatic heterocycles. The number of ketones is 1. The van der Waals surface area contributed by atoms with Crippen LogP contribution in [0.1, 0.15) is 36.7 Å². The molecule has 1 rings (SSSR count). The van der Waals surface area contributed by atoms with Crippen LogP contribution in [0.25, 0.3) is 0 Å². The van der Waals surface area contributed by atoms with Crippen molar-refractivity contribution in [1.29, 1.82) is 5.26 Å². The minimum Gasteiger partial charge on any atom is -0.372 e. The summed E-state index contributed by atoms with van der Waals surface area (Å²) in [4.78, 5) is 13.4. The van der Waals surface area contributed by atoms with E-state index >= 15 is 0 Å². The Labute approximate surface area is 96.3 Å². The summed E-state index contributed by atoms with van der Waals surface area (Å²) in [5.41, 5.74) is 1.95. The van der Waals surface area contributed by atoms with Gasteiger partial charge in [0.2, 0.25) is 0 Å². The molecule has 0 aliphatic carbocycles. The molecule has 3 nitrogen and oxygen atoms in total. The summed E-state index contributed by atoms with van der Waals surface area (Å²) in [7, 11) is 0. The summed E-state index contributed by atoms with van der Waals surface area (Å²) in [6.07, 6.45) is 0. The van der Waals surface area contributed by atoms with Crippen molar-refractivity contribution in [2.75, 3.05) is 18.0 Å². The van der Waals surface area contributed by atoms with Crippen LogP contribution < -0.4 is 4.90 Å². The molecule has 0 aliphatic heterocycles. The van der Waals surface area contributed by atoms with E-state index in [1.807, 2.05) is 6.07 Å². The van der Waals surface area contributed by atoms with Crippen LogP contribution in [-0.2, 0) is 0 Å². The minimum atomic E-state index is -0.0670. The second-order valence-corrected chi connectivity index (χ2v) is 3.57. The maximum Gasteiger partial charge on any atom is 0.161 e. The van der Waals surface area contributed by atoms with Crippen molar-refractivity contribution in [1.82, 2.24) is 0 Å². The van der Waals surface area contributed by atoms with Crippen LogP contribution in [-0.4, -0.2) is 18.9 Å². The Morgan fingerprint density at radius 1 is 1.38 bits per heavy atom. The van der Waals surface area contributed by atoms with Crippen molar-refractivity contribution >= 4 is 11.5 Å². The van der Waals surface area contributed by atoms with Crippen LogP contribution in [0.5, 0.6) is 0 Å². The van der Waals surface area contributed by atoms with E-state index in [1.54, 1.807) is 12.1 Å². The first kappa shape index (κ1) is 12.3. The molecule has 0 atom stereocenters. The molecule has 0 amide bonds. The van der Waals surface area contributed by atoms with Crippen LogP contribution in [0, 0.1) is 11.3 Å². The number of anilines is 1. The number of hydrogen-bond donors (Lipinski definition) is 0. The van der Waals surface area contributed by atoms with Crippen molar-refractivity contribution in [3.05, 3.63) is 29.3 Å². The van der Waals surface area contributed by atoms with Gasteiger partial charge in [0.1, 0.15) is 0 Å². The topological polar surface area (TPSA) is 44.1 Å². The molecule has 0 N–H and O–H groups in total. The van der Waals surface area contributed by atoms with Gasteiger partial charge in [0.15, 0.2) is 5.78 Å². The fraction of sp³-hybridized carbons (Fsp3) is 0.385. The van der Waals surface area contributed by atoms with Crippen LogP contribution >= 0.6 is 0 Å². The van der Waals surface area contributed by atoms with E-state index in [2.05, 4.69) is 24.8 Å². The number of carbonyl (C=O) groups excluding carboxylic acids is 1. The summed E-state index contributed by atoms with van der Waals surface area (Å²) >= 11 is 0. The first-order chi connectivity index (χ1) is 7.63. The first-order valence-corrected chi connectivity index (χ1v) is 5.44. The third-order valence-corrected chi connectivity index (χ3v) is 2.63. The maximum atomic E-state index is 11.3. The Morgan fingerprint density at radius 2 is 2.00 bits per heavy atom. The zero-order chi connectivity index (χ0) is 12.1. The van der Waals surface area contributed by atoms with Gasteiger partial charge in [0.05, 0.1) is 11.6 Å². The van der Waals surface area contributed by atoms with E-state index in [1.165, 1.54) is 6.92 Å². The molecule has 0 heterocycles. The molecule has 0 aliphatic rings. The molecule has 0 fully saturated rings. The summed E-state index contributed by atoms with van der Waals surface area (Å²) in [5.74, 6) is -0.0670. The Hall–Kier alpha value is -1.82. The number of hydrogen-bond acceptors (Lipinski definition) is 3. The Morgan fingerprint density at radius 3 is 2.44 bits per heavy atom. The van der Waals surface area contributed by atoms with Crippen molar-refractivity contribution in [3.63, 3.8) is 0 Å². The fourth-order valence-corrected chi connectivity index (χ4v) is 1.72. The molecule has 0 bridgehead atoms. The average molecular weight is 216 g/mol. The molecule has 1 aromatic carbocycles. The van der Waals surface area contributed by atoms with E-state index in [-0.39, 0.29) is 5.78 Å². The van der Waals surface area contributed by atoms with Gasteiger partial charge in [0, 0.05) is 24.3 Å². The number of nitrogens with zero attached hydrogens (tertiary/aromatic N) is 2. The Bertz CT molecular complexity index is 428. The van der Waals surface area contributed by atoms with Crippen molar-refractivity contribution in [2.24, 2.45) is 0 Å². The Kier molecular flexibility index (Phi) is 4.07. The lowest BCUT2D eigenvalue weighted by Gasteiger charge is -2.21. The molecular formula is C13H16N2O. The molecular weight excluding hydrogens is 200 g/mol. The van der Waals surface area contributed by atoms with Crippen molar-refractivity contribution in [2.45, 2.75) is 20.8 Å². The van der Waals surface area contributed by atoms with Gasteiger partial charge >= 0.3 is 0 Å². The van der Waals surface area contributed by atoms with Crippen LogP contribution in [0.2, 0.25) is 0 Å². The van der Waals surface area contributed by atoms with Crippen LogP contribution in [0.15, 0.2) is 18.2 Å². The van der Waals surface area contributed by atoms with E-state index in [0.717, 1.165) is 18.8 Å². The number of nitriles is 1. The third-order valence-electron chi connectivity index (χ3n) is 2.63. The summed E-state index contributed by atoms with van der Waals surface area (Å²) < 4.78 is 0. The van der Waals surface area contributed by atoms with Crippen LogP contribution in [0.3, 0.4) is 0 Å². The van der Waals surface area contributed by atoms with Gasteiger partial charge in [-0.15, -0.1) is 0 Å². The molecule has 1 aromatic rings. The van der Waals surface area contributed by atoms with Gasteiger partial charge in [-0.05, 0) is 39.0 Å². The highest BCUT2D eigenvalue weighted by Gasteiger charge is 2.09. The summed E-state index contributed by atoms with van der Waals surface area (Å²) in [6.45, 7) is 7.39. The number of Topliss-reactive ketones (excluding diaryl/α,β-unsaturated/α-hetero) is 1. The van der Waals surface area contributed by atoms with E-state index in [9.17, 15) is 4.79 Å². The molecule has 16 heavy (non-hydrogen) atoms.